The third-order valence-electron chi connectivity index (χ3n) is 3.63. The number of nitrogens with one attached hydrogen (secondary N) is 1. The summed E-state index contributed by atoms with van der Waals surface area (Å²) in [4.78, 5) is 22.9. The van der Waals surface area contributed by atoms with E-state index >= 15 is 0 Å². The summed E-state index contributed by atoms with van der Waals surface area (Å²) in [5.41, 5.74) is 2.22. The Hall–Kier alpha value is -3.22. The van der Waals surface area contributed by atoms with Gasteiger partial charge < -0.3 is 14.7 Å². The summed E-state index contributed by atoms with van der Waals surface area (Å²) in [6.07, 6.45) is 2.96. The van der Waals surface area contributed by atoms with Crippen molar-refractivity contribution in [1.29, 1.82) is 0 Å². The number of aromatic nitrogens is 3. The summed E-state index contributed by atoms with van der Waals surface area (Å²) >= 11 is 0. The van der Waals surface area contributed by atoms with Crippen molar-refractivity contribution in [1.82, 2.24) is 15.1 Å². The average molecular weight is 337 g/mol. The molecule has 0 aliphatic carbocycles. The minimum atomic E-state index is -0.190. The first-order valence-electron chi connectivity index (χ1n) is 7.97. The third-order valence-corrected chi connectivity index (χ3v) is 3.63. The van der Waals surface area contributed by atoms with Crippen LogP contribution in [0.1, 0.15) is 28.7 Å². The number of carbonyl (C=O) groups is 1. The van der Waals surface area contributed by atoms with Gasteiger partial charge in [0.25, 0.3) is 5.91 Å². The summed E-state index contributed by atoms with van der Waals surface area (Å²) < 4.78 is 4.98. The predicted molar refractivity (Wildman–Crippen MR) is 95.1 cm³/mol. The van der Waals surface area contributed by atoms with Crippen molar-refractivity contribution in [3.8, 4) is 0 Å². The van der Waals surface area contributed by atoms with Crippen LogP contribution < -0.4 is 10.2 Å². The molecule has 0 spiro atoms. The molecule has 0 aliphatic rings. The third kappa shape index (κ3) is 3.82. The molecule has 0 bridgehead atoms. The van der Waals surface area contributed by atoms with Gasteiger partial charge in [-0.25, -0.2) is 9.97 Å². The number of carbonyl (C=O) groups excluding carboxylic acids is 1. The highest BCUT2D eigenvalue weighted by molar-refractivity contribution is 6.04. The van der Waals surface area contributed by atoms with Crippen LogP contribution in [0, 0.1) is 13.8 Å². The Morgan fingerprint density at radius 2 is 2.00 bits per heavy atom. The molecule has 7 heteroatoms. The molecule has 3 aromatic rings. The van der Waals surface area contributed by atoms with Gasteiger partial charge in [-0.3, -0.25) is 4.79 Å². The maximum atomic E-state index is 12.7. The Kier molecular flexibility index (Phi) is 4.74. The van der Waals surface area contributed by atoms with Gasteiger partial charge in [-0.2, -0.15) is 0 Å². The van der Waals surface area contributed by atoms with Gasteiger partial charge in [0, 0.05) is 18.3 Å². The lowest BCUT2D eigenvalue weighted by atomic mass is 10.2. The molecular formula is C18H19N5O2. The second-order valence-corrected chi connectivity index (χ2v) is 5.62. The maximum Gasteiger partial charge on any atom is 0.278 e. The van der Waals surface area contributed by atoms with E-state index in [1.54, 1.807) is 17.9 Å². The zero-order chi connectivity index (χ0) is 17.8. The van der Waals surface area contributed by atoms with Crippen molar-refractivity contribution >= 4 is 23.2 Å². The van der Waals surface area contributed by atoms with Gasteiger partial charge in [0.05, 0.1) is 12.4 Å². The van der Waals surface area contributed by atoms with E-state index in [2.05, 4.69) is 20.4 Å². The first-order chi connectivity index (χ1) is 12.1. The number of hydrogen-bond donors (Lipinski definition) is 1. The van der Waals surface area contributed by atoms with E-state index in [4.69, 9.17) is 4.52 Å². The average Bonchev–Trinajstić information content (AvgIpc) is 3.01. The van der Waals surface area contributed by atoms with Crippen molar-refractivity contribution in [3.05, 3.63) is 59.7 Å². The van der Waals surface area contributed by atoms with Crippen LogP contribution in [-0.4, -0.2) is 27.6 Å². The van der Waals surface area contributed by atoms with Crippen LogP contribution in [0.2, 0.25) is 0 Å². The van der Waals surface area contributed by atoms with Crippen molar-refractivity contribution in [2.24, 2.45) is 0 Å². The minimum Gasteiger partial charge on any atom is -0.360 e. The second kappa shape index (κ2) is 7.12. The maximum absolute atomic E-state index is 12.7. The molecule has 0 atom stereocenters. The van der Waals surface area contributed by atoms with Gasteiger partial charge in [0.15, 0.2) is 5.82 Å². The number of anilines is 3. The largest absolute Gasteiger partial charge is 0.360 e. The highest BCUT2D eigenvalue weighted by atomic mass is 16.5. The van der Waals surface area contributed by atoms with Crippen LogP contribution in [0.5, 0.6) is 0 Å². The Morgan fingerprint density at radius 3 is 2.60 bits per heavy atom. The highest BCUT2D eigenvalue weighted by Crippen LogP contribution is 2.18. The quantitative estimate of drug-likeness (QED) is 0.767. The van der Waals surface area contributed by atoms with Crippen molar-refractivity contribution in [2.45, 2.75) is 20.8 Å². The van der Waals surface area contributed by atoms with E-state index in [1.165, 1.54) is 12.4 Å². The van der Waals surface area contributed by atoms with Crippen LogP contribution in [0.4, 0.5) is 17.3 Å². The first kappa shape index (κ1) is 16.6. The fourth-order valence-corrected chi connectivity index (χ4v) is 2.44. The molecule has 2 aromatic heterocycles. The zero-order valence-corrected chi connectivity index (χ0v) is 14.4. The van der Waals surface area contributed by atoms with Gasteiger partial charge in [0.2, 0.25) is 0 Å². The van der Waals surface area contributed by atoms with E-state index in [-0.39, 0.29) is 11.6 Å². The summed E-state index contributed by atoms with van der Waals surface area (Å²) in [6, 6.07) is 9.55. The molecule has 0 fully saturated rings. The van der Waals surface area contributed by atoms with E-state index < -0.39 is 0 Å². The number of nitrogens with zero attached hydrogens (tertiary/aromatic N) is 4. The number of amides is 1. The summed E-state index contributed by atoms with van der Waals surface area (Å²) in [7, 11) is 0. The second-order valence-electron chi connectivity index (χ2n) is 5.62. The van der Waals surface area contributed by atoms with E-state index in [0.717, 1.165) is 11.3 Å². The van der Waals surface area contributed by atoms with Gasteiger partial charge >= 0.3 is 0 Å². The Bertz CT molecular complexity index is 873. The molecule has 1 N–H and O–H groups in total. The molecule has 128 valence electrons. The number of benzene rings is 1. The van der Waals surface area contributed by atoms with Gasteiger partial charge in [-0.05, 0) is 38.5 Å². The molecule has 1 amide bonds. The van der Waals surface area contributed by atoms with Crippen LogP contribution in [0.25, 0.3) is 0 Å². The molecule has 0 radical (unpaired) electrons. The van der Waals surface area contributed by atoms with Gasteiger partial charge in [0.1, 0.15) is 17.3 Å². The first-order valence-corrected chi connectivity index (χ1v) is 7.97. The van der Waals surface area contributed by atoms with Crippen molar-refractivity contribution in [2.75, 3.05) is 16.8 Å². The van der Waals surface area contributed by atoms with Crippen molar-refractivity contribution < 1.29 is 9.32 Å². The van der Waals surface area contributed by atoms with Crippen LogP contribution in [-0.2, 0) is 0 Å². The zero-order valence-electron chi connectivity index (χ0n) is 14.4. The van der Waals surface area contributed by atoms with E-state index in [0.29, 0.717) is 23.9 Å². The lowest BCUT2D eigenvalue weighted by Crippen LogP contribution is -2.31. The summed E-state index contributed by atoms with van der Waals surface area (Å²) in [5.74, 6) is 1.53. The SMILES string of the molecule is CCN(C(=O)c1cnc(Nc2cc(C)on2)cn1)c1cccc(C)c1. The van der Waals surface area contributed by atoms with Crippen LogP contribution >= 0.6 is 0 Å². The van der Waals surface area contributed by atoms with Gasteiger partial charge in [-0.1, -0.05) is 17.3 Å². The Labute approximate surface area is 145 Å². The standard InChI is InChI=1S/C18H19N5O2/c1-4-23(14-7-5-6-12(2)8-14)18(24)15-10-20-17(11-19-15)21-16-9-13(3)25-22-16/h5-11H,4H2,1-3H3,(H,20,21,22). The minimum absolute atomic E-state index is 0.190. The van der Waals surface area contributed by atoms with Crippen LogP contribution in [0.15, 0.2) is 47.2 Å². The Balaban J connectivity index is 1.77. The smallest absolute Gasteiger partial charge is 0.278 e. The molecule has 1 aromatic carbocycles. The normalized spacial score (nSPS) is 10.5. The number of hydrogen-bond acceptors (Lipinski definition) is 6. The lowest BCUT2D eigenvalue weighted by Gasteiger charge is -2.21. The van der Waals surface area contributed by atoms with Gasteiger partial charge in [-0.15, -0.1) is 0 Å². The lowest BCUT2D eigenvalue weighted by molar-refractivity contribution is 0.0983. The monoisotopic (exact) mass is 337 g/mol. The molecule has 0 unspecified atom stereocenters. The Morgan fingerprint density at radius 1 is 1.16 bits per heavy atom. The predicted octanol–water partition coefficient (Wildman–Crippen LogP) is 3.49. The molecule has 7 nitrogen and oxygen atoms in total. The summed E-state index contributed by atoms with van der Waals surface area (Å²) in [6.45, 7) is 6.27. The molecule has 0 saturated heterocycles. The van der Waals surface area contributed by atoms with Crippen LogP contribution in [0.3, 0.4) is 0 Å². The van der Waals surface area contributed by atoms with Crippen molar-refractivity contribution in [3.63, 3.8) is 0 Å². The highest BCUT2D eigenvalue weighted by Gasteiger charge is 2.18. The fraction of sp³-hybridized carbons (Fsp3) is 0.222. The fourth-order valence-electron chi connectivity index (χ4n) is 2.44. The van der Waals surface area contributed by atoms with E-state index in [9.17, 15) is 4.79 Å². The molecule has 25 heavy (non-hydrogen) atoms. The molecular weight excluding hydrogens is 318 g/mol. The summed E-state index contributed by atoms with van der Waals surface area (Å²) in [5, 5.41) is 6.80. The number of rotatable bonds is 5. The molecule has 0 saturated carbocycles. The topological polar surface area (TPSA) is 84.2 Å². The molecule has 0 aliphatic heterocycles. The molecule has 2 heterocycles. The molecule has 3 rings (SSSR count). The number of aryl methyl sites for hydroxylation is 2. The van der Waals surface area contributed by atoms with E-state index in [1.807, 2.05) is 38.1 Å².